The summed E-state index contributed by atoms with van der Waals surface area (Å²) in [6.07, 6.45) is 6.89. The molecule has 1 aliphatic heterocycles. The largest absolute Gasteiger partial charge is 0.384 e. The van der Waals surface area contributed by atoms with Crippen molar-refractivity contribution in [3.8, 4) is 11.1 Å². The summed E-state index contributed by atoms with van der Waals surface area (Å²) < 4.78 is 0. The van der Waals surface area contributed by atoms with Gasteiger partial charge >= 0.3 is 0 Å². The van der Waals surface area contributed by atoms with E-state index in [0.717, 1.165) is 48.4 Å². The molecule has 4 rings (SSSR count). The SMILES string of the molecule is CC1CCc2nc(N3CCCCC3)c(C(=N)N)c(-c3ccccc3)c2C1. The molecule has 0 spiro atoms. The van der Waals surface area contributed by atoms with Gasteiger partial charge in [0, 0.05) is 24.3 Å². The van der Waals surface area contributed by atoms with Gasteiger partial charge in [0.15, 0.2) is 0 Å². The first-order valence-corrected chi connectivity index (χ1v) is 9.85. The molecule has 1 unspecified atom stereocenters. The molecule has 1 atom stereocenters. The maximum Gasteiger partial charge on any atom is 0.140 e. The Morgan fingerprint density at radius 1 is 1.15 bits per heavy atom. The molecule has 136 valence electrons. The summed E-state index contributed by atoms with van der Waals surface area (Å²) in [4.78, 5) is 7.44. The van der Waals surface area contributed by atoms with Crippen LogP contribution in [0.2, 0.25) is 0 Å². The smallest absolute Gasteiger partial charge is 0.140 e. The Balaban J connectivity index is 1.97. The summed E-state index contributed by atoms with van der Waals surface area (Å²) in [7, 11) is 0. The molecule has 1 aliphatic carbocycles. The van der Waals surface area contributed by atoms with Gasteiger partial charge < -0.3 is 10.6 Å². The highest BCUT2D eigenvalue weighted by atomic mass is 15.2. The zero-order chi connectivity index (χ0) is 18.1. The normalized spacial score (nSPS) is 19.9. The predicted octanol–water partition coefficient (Wildman–Crippen LogP) is 4.15. The third-order valence-corrected chi connectivity index (χ3v) is 5.78. The first-order valence-electron chi connectivity index (χ1n) is 9.85. The Morgan fingerprint density at radius 2 is 1.88 bits per heavy atom. The summed E-state index contributed by atoms with van der Waals surface area (Å²) >= 11 is 0. The van der Waals surface area contributed by atoms with E-state index in [9.17, 15) is 0 Å². The Morgan fingerprint density at radius 3 is 2.58 bits per heavy atom. The van der Waals surface area contributed by atoms with Crippen LogP contribution in [0.5, 0.6) is 0 Å². The molecule has 2 aliphatic rings. The van der Waals surface area contributed by atoms with Crippen LogP contribution in [-0.2, 0) is 12.8 Å². The van der Waals surface area contributed by atoms with E-state index in [-0.39, 0.29) is 5.84 Å². The third kappa shape index (κ3) is 3.09. The highest BCUT2D eigenvalue weighted by Gasteiger charge is 2.28. The zero-order valence-corrected chi connectivity index (χ0v) is 15.6. The minimum Gasteiger partial charge on any atom is -0.384 e. The number of nitrogens with one attached hydrogen (secondary N) is 1. The van der Waals surface area contributed by atoms with Crippen molar-refractivity contribution in [3.63, 3.8) is 0 Å². The molecule has 0 radical (unpaired) electrons. The fourth-order valence-corrected chi connectivity index (χ4v) is 4.43. The minimum absolute atomic E-state index is 0.137. The maximum absolute atomic E-state index is 8.36. The molecule has 0 saturated carbocycles. The lowest BCUT2D eigenvalue weighted by atomic mass is 9.81. The van der Waals surface area contributed by atoms with Gasteiger partial charge in [-0.15, -0.1) is 0 Å². The lowest BCUT2D eigenvalue weighted by molar-refractivity contribution is 0.493. The monoisotopic (exact) mass is 348 g/mol. The Bertz CT molecular complexity index is 807. The molecule has 4 nitrogen and oxygen atoms in total. The van der Waals surface area contributed by atoms with Gasteiger partial charge in [-0.25, -0.2) is 4.98 Å². The van der Waals surface area contributed by atoms with Crippen molar-refractivity contribution in [2.75, 3.05) is 18.0 Å². The molecule has 0 bridgehead atoms. The second kappa shape index (κ2) is 7.10. The summed E-state index contributed by atoms with van der Waals surface area (Å²) in [5.74, 6) is 1.72. The quantitative estimate of drug-likeness (QED) is 0.647. The van der Waals surface area contributed by atoms with Crippen LogP contribution >= 0.6 is 0 Å². The van der Waals surface area contributed by atoms with E-state index >= 15 is 0 Å². The van der Waals surface area contributed by atoms with Crippen molar-refractivity contribution in [2.24, 2.45) is 11.7 Å². The Hall–Kier alpha value is -2.36. The van der Waals surface area contributed by atoms with Crippen LogP contribution in [0.4, 0.5) is 5.82 Å². The fraction of sp³-hybridized carbons (Fsp3) is 0.455. The average molecular weight is 348 g/mol. The Labute approximate surface area is 155 Å². The fourth-order valence-electron chi connectivity index (χ4n) is 4.43. The van der Waals surface area contributed by atoms with Gasteiger partial charge in [-0.2, -0.15) is 0 Å². The van der Waals surface area contributed by atoms with Gasteiger partial charge in [0.05, 0.1) is 5.56 Å². The van der Waals surface area contributed by atoms with Gasteiger partial charge in [0.1, 0.15) is 11.7 Å². The number of benzene rings is 1. The number of pyridine rings is 1. The van der Waals surface area contributed by atoms with Crippen LogP contribution in [0.25, 0.3) is 11.1 Å². The van der Waals surface area contributed by atoms with Crippen molar-refractivity contribution >= 4 is 11.7 Å². The van der Waals surface area contributed by atoms with E-state index in [1.165, 1.54) is 36.9 Å². The van der Waals surface area contributed by atoms with E-state index in [2.05, 4.69) is 36.1 Å². The van der Waals surface area contributed by atoms with Crippen LogP contribution in [-0.4, -0.2) is 23.9 Å². The maximum atomic E-state index is 8.36. The number of aryl methyl sites for hydroxylation is 1. The van der Waals surface area contributed by atoms with Crippen molar-refractivity contribution in [1.82, 2.24) is 4.98 Å². The van der Waals surface area contributed by atoms with E-state index < -0.39 is 0 Å². The second-order valence-corrected chi connectivity index (χ2v) is 7.79. The van der Waals surface area contributed by atoms with Crippen molar-refractivity contribution in [3.05, 3.63) is 47.2 Å². The molecule has 1 saturated heterocycles. The molecule has 2 heterocycles. The van der Waals surface area contributed by atoms with Crippen LogP contribution in [0.1, 0.15) is 49.4 Å². The van der Waals surface area contributed by atoms with Crippen molar-refractivity contribution in [2.45, 2.75) is 45.4 Å². The van der Waals surface area contributed by atoms with Gasteiger partial charge in [0.2, 0.25) is 0 Å². The molecular formula is C22H28N4. The van der Waals surface area contributed by atoms with Gasteiger partial charge in [-0.05, 0) is 55.6 Å². The lowest BCUT2D eigenvalue weighted by Gasteiger charge is -2.33. The second-order valence-electron chi connectivity index (χ2n) is 7.79. The molecule has 1 fully saturated rings. The molecule has 4 heteroatoms. The molecule has 1 aromatic heterocycles. The Kier molecular flexibility index (Phi) is 4.66. The van der Waals surface area contributed by atoms with Crippen molar-refractivity contribution in [1.29, 1.82) is 5.41 Å². The molecule has 3 N–H and O–H groups in total. The molecule has 1 aromatic carbocycles. The average Bonchev–Trinajstić information content (AvgIpc) is 2.67. The number of amidine groups is 1. The van der Waals surface area contributed by atoms with Gasteiger partial charge in [-0.1, -0.05) is 37.3 Å². The number of hydrogen-bond donors (Lipinski definition) is 2. The van der Waals surface area contributed by atoms with Crippen molar-refractivity contribution < 1.29 is 0 Å². The number of aromatic nitrogens is 1. The highest BCUT2D eigenvalue weighted by Crippen LogP contribution is 2.39. The first-order chi connectivity index (χ1) is 12.6. The molecule has 2 aromatic rings. The number of nitrogens with two attached hydrogens (primary N) is 1. The van der Waals surface area contributed by atoms with E-state index in [4.69, 9.17) is 16.1 Å². The standard InChI is InChI=1S/C22H28N4/c1-15-10-11-18-17(14-15)19(16-8-4-2-5-9-16)20(21(23)24)22(25-18)26-12-6-3-7-13-26/h2,4-5,8-9,15H,3,6-7,10-14H2,1H3,(H3,23,24). The van der Waals surface area contributed by atoms with Crippen LogP contribution in [0, 0.1) is 11.3 Å². The summed E-state index contributed by atoms with van der Waals surface area (Å²) in [5, 5.41) is 8.36. The van der Waals surface area contributed by atoms with E-state index in [1.807, 2.05) is 6.07 Å². The third-order valence-electron chi connectivity index (χ3n) is 5.78. The van der Waals surface area contributed by atoms with Crippen LogP contribution in [0.15, 0.2) is 30.3 Å². The van der Waals surface area contributed by atoms with Crippen LogP contribution in [0.3, 0.4) is 0 Å². The van der Waals surface area contributed by atoms with Gasteiger partial charge in [0.25, 0.3) is 0 Å². The summed E-state index contributed by atoms with van der Waals surface area (Å²) in [6.45, 7) is 4.33. The molecule has 26 heavy (non-hydrogen) atoms. The number of hydrogen-bond acceptors (Lipinski definition) is 3. The predicted molar refractivity (Wildman–Crippen MR) is 108 cm³/mol. The first kappa shape index (κ1) is 17.1. The summed E-state index contributed by atoms with van der Waals surface area (Å²) in [5.41, 5.74) is 11.8. The van der Waals surface area contributed by atoms with E-state index in [1.54, 1.807) is 0 Å². The van der Waals surface area contributed by atoms with E-state index in [0.29, 0.717) is 5.92 Å². The zero-order valence-electron chi connectivity index (χ0n) is 15.6. The number of anilines is 1. The van der Waals surface area contributed by atoms with Gasteiger partial charge in [-0.3, -0.25) is 5.41 Å². The number of fused-ring (bicyclic) bond motifs is 1. The number of nitrogens with zero attached hydrogens (tertiary/aromatic N) is 2. The summed E-state index contributed by atoms with van der Waals surface area (Å²) in [6, 6.07) is 10.5. The number of nitrogen functional groups attached to an aromatic ring is 1. The lowest BCUT2D eigenvalue weighted by Crippen LogP contribution is -2.34. The number of piperidine rings is 1. The van der Waals surface area contributed by atoms with Crippen LogP contribution < -0.4 is 10.6 Å². The molecule has 0 amide bonds. The highest BCUT2D eigenvalue weighted by molar-refractivity contribution is 6.06. The number of rotatable bonds is 3. The molecular weight excluding hydrogens is 320 g/mol. The topological polar surface area (TPSA) is 66.0 Å². The minimum atomic E-state index is 0.137.